The van der Waals surface area contributed by atoms with E-state index in [0.29, 0.717) is 12.5 Å². The Morgan fingerprint density at radius 1 is 1.09 bits per heavy atom. The van der Waals surface area contributed by atoms with Crippen LogP contribution in [0.3, 0.4) is 0 Å². The maximum atomic E-state index is 13.3. The third-order valence-electron chi connectivity index (χ3n) is 6.92. The van der Waals surface area contributed by atoms with Crippen LogP contribution < -0.4 is 5.32 Å². The van der Waals surface area contributed by atoms with Gasteiger partial charge in [0.25, 0.3) is 0 Å². The number of nitrogens with zero attached hydrogens (tertiary/aromatic N) is 1. The van der Waals surface area contributed by atoms with Gasteiger partial charge in [-0.1, -0.05) is 55.5 Å². The molecule has 2 aromatic carbocycles. The number of carboxylic acid groups (broad SMARTS) is 1. The third kappa shape index (κ3) is 4.79. The first kappa shape index (κ1) is 23.8. The number of alkyl carbamates (subject to hydrolysis) is 1. The summed E-state index contributed by atoms with van der Waals surface area (Å²) in [7, 11) is 0. The van der Waals surface area contributed by atoms with E-state index in [1.165, 1.54) is 0 Å². The summed E-state index contributed by atoms with van der Waals surface area (Å²) in [5, 5.41) is 11.8. The molecule has 1 heterocycles. The average Bonchev–Trinajstić information content (AvgIpc) is 3.26. The van der Waals surface area contributed by atoms with Gasteiger partial charge in [0.05, 0.1) is 0 Å². The maximum absolute atomic E-state index is 13.3. The fourth-order valence-corrected chi connectivity index (χ4v) is 5.47. The number of aliphatic carboxylic acids is 1. The highest BCUT2D eigenvalue weighted by atomic mass is 16.5. The van der Waals surface area contributed by atoms with E-state index in [9.17, 15) is 14.4 Å². The molecule has 1 fully saturated rings. The Labute approximate surface area is 200 Å². The van der Waals surface area contributed by atoms with Crippen molar-refractivity contribution in [3.63, 3.8) is 0 Å². The van der Waals surface area contributed by atoms with Gasteiger partial charge in [0.2, 0.25) is 5.91 Å². The molecule has 0 spiro atoms. The van der Waals surface area contributed by atoms with Gasteiger partial charge >= 0.3 is 12.1 Å². The largest absolute Gasteiger partial charge is 0.481 e. The first-order valence-electron chi connectivity index (χ1n) is 11.8. The molecule has 1 aliphatic heterocycles. The molecule has 0 saturated carbocycles. The van der Waals surface area contributed by atoms with Crippen LogP contribution in [-0.4, -0.2) is 52.7 Å². The lowest BCUT2D eigenvalue weighted by molar-refractivity contribution is -0.139. The number of carbonyl (C=O) groups excluding carboxylic acids is 2. The highest BCUT2D eigenvalue weighted by Gasteiger charge is 2.42. The molecule has 2 amide bonds. The summed E-state index contributed by atoms with van der Waals surface area (Å²) >= 11 is 0. The maximum Gasteiger partial charge on any atom is 0.407 e. The highest BCUT2D eigenvalue weighted by Crippen LogP contribution is 2.44. The van der Waals surface area contributed by atoms with Crippen LogP contribution in [0.15, 0.2) is 48.5 Å². The zero-order valence-electron chi connectivity index (χ0n) is 19.9. The molecule has 0 aromatic heterocycles. The number of nitrogens with one attached hydrogen (secondary N) is 1. The van der Waals surface area contributed by atoms with E-state index in [0.717, 1.165) is 28.7 Å². The zero-order chi connectivity index (χ0) is 24.5. The highest BCUT2D eigenvalue weighted by molar-refractivity contribution is 5.87. The van der Waals surface area contributed by atoms with Crippen LogP contribution in [0.5, 0.6) is 0 Å². The SMILES string of the molecule is CC1CN(C(=O)C(CCC(=O)O)NC(=O)OCC2c3ccccc3-c3ccccc32)C(C)(C)C1. The Balaban J connectivity index is 1.45. The molecule has 34 heavy (non-hydrogen) atoms. The van der Waals surface area contributed by atoms with Crippen molar-refractivity contribution in [2.75, 3.05) is 13.2 Å². The van der Waals surface area contributed by atoms with Crippen LogP contribution in [0.1, 0.15) is 57.1 Å². The average molecular weight is 465 g/mol. The van der Waals surface area contributed by atoms with Crippen LogP contribution in [-0.2, 0) is 14.3 Å². The van der Waals surface area contributed by atoms with Crippen molar-refractivity contribution in [1.82, 2.24) is 10.2 Å². The van der Waals surface area contributed by atoms with E-state index in [-0.39, 0.29) is 36.8 Å². The summed E-state index contributed by atoms with van der Waals surface area (Å²) < 4.78 is 5.59. The molecule has 2 atom stereocenters. The molecular weight excluding hydrogens is 432 g/mol. The van der Waals surface area contributed by atoms with Crippen molar-refractivity contribution in [2.45, 2.75) is 57.5 Å². The number of hydrogen-bond acceptors (Lipinski definition) is 4. The minimum atomic E-state index is -1.01. The number of rotatable bonds is 7. The number of carboxylic acids is 1. The van der Waals surface area contributed by atoms with Crippen LogP contribution >= 0.6 is 0 Å². The lowest BCUT2D eigenvalue weighted by Crippen LogP contribution is -2.53. The Kier molecular flexibility index (Phi) is 6.64. The van der Waals surface area contributed by atoms with Gasteiger partial charge in [-0.2, -0.15) is 0 Å². The van der Waals surface area contributed by atoms with E-state index in [1.807, 2.05) is 50.2 Å². The third-order valence-corrected chi connectivity index (χ3v) is 6.92. The molecule has 7 nitrogen and oxygen atoms in total. The number of hydrogen-bond donors (Lipinski definition) is 2. The fraction of sp³-hybridized carbons (Fsp3) is 0.444. The number of ether oxygens (including phenoxy) is 1. The van der Waals surface area contributed by atoms with Gasteiger partial charge in [0, 0.05) is 24.4 Å². The van der Waals surface area contributed by atoms with E-state index in [4.69, 9.17) is 9.84 Å². The van der Waals surface area contributed by atoms with E-state index < -0.39 is 18.1 Å². The lowest BCUT2D eigenvalue weighted by Gasteiger charge is -2.34. The van der Waals surface area contributed by atoms with E-state index in [1.54, 1.807) is 4.90 Å². The van der Waals surface area contributed by atoms with Crippen molar-refractivity contribution >= 4 is 18.0 Å². The van der Waals surface area contributed by atoms with Crippen LogP contribution in [0, 0.1) is 5.92 Å². The van der Waals surface area contributed by atoms with Crippen molar-refractivity contribution in [1.29, 1.82) is 0 Å². The minimum absolute atomic E-state index is 0.0132. The van der Waals surface area contributed by atoms with Gasteiger partial charge in [-0.05, 0) is 54.9 Å². The smallest absolute Gasteiger partial charge is 0.407 e. The van der Waals surface area contributed by atoms with Crippen LogP contribution in [0.25, 0.3) is 11.1 Å². The topological polar surface area (TPSA) is 95.9 Å². The number of likely N-dealkylation sites (tertiary alicyclic amines) is 1. The Bertz CT molecular complexity index is 1050. The molecular formula is C27H32N2O5. The second kappa shape index (κ2) is 9.49. The van der Waals surface area contributed by atoms with Crippen LogP contribution in [0.4, 0.5) is 4.79 Å². The second-order valence-electron chi connectivity index (χ2n) is 10.0. The first-order chi connectivity index (χ1) is 16.2. The monoisotopic (exact) mass is 464 g/mol. The van der Waals surface area contributed by atoms with Crippen molar-refractivity contribution < 1.29 is 24.2 Å². The number of amides is 2. The molecule has 1 saturated heterocycles. The number of carbonyl (C=O) groups is 3. The molecule has 180 valence electrons. The zero-order valence-corrected chi connectivity index (χ0v) is 19.9. The molecule has 2 N–H and O–H groups in total. The molecule has 0 bridgehead atoms. The van der Waals surface area contributed by atoms with Gasteiger partial charge in [0.15, 0.2) is 0 Å². The van der Waals surface area contributed by atoms with Gasteiger partial charge in [-0.3, -0.25) is 9.59 Å². The first-order valence-corrected chi connectivity index (χ1v) is 11.8. The molecule has 2 aromatic rings. The van der Waals surface area contributed by atoms with Crippen molar-refractivity contribution in [3.05, 3.63) is 59.7 Å². The Morgan fingerprint density at radius 2 is 1.68 bits per heavy atom. The molecule has 4 rings (SSSR count). The summed E-state index contributed by atoms with van der Waals surface area (Å²) in [4.78, 5) is 39.0. The summed E-state index contributed by atoms with van der Waals surface area (Å²) in [6.07, 6.45) is -0.0610. The summed E-state index contributed by atoms with van der Waals surface area (Å²) in [6.45, 7) is 6.79. The quantitative estimate of drug-likeness (QED) is 0.633. The molecule has 7 heteroatoms. The predicted octanol–water partition coefficient (Wildman–Crippen LogP) is 4.41. The van der Waals surface area contributed by atoms with Crippen LogP contribution in [0.2, 0.25) is 0 Å². The van der Waals surface area contributed by atoms with E-state index in [2.05, 4.69) is 24.4 Å². The molecule has 1 aliphatic carbocycles. The van der Waals surface area contributed by atoms with Gasteiger partial charge < -0.3 is 20.1 Å². The normalized spacial score (nSPS) is 19.3. The fourth-order valence-electron chi connectivity index (χ4n) is 5.47. The summed E-state index contributed by atoms with van der Waals surface area (Å²) in [5.41, 5.74) is 4.12. The standard InChI is InChI=1S/C27H32N2O5/c1-17-14-27(2,3)29(15-17)25(32)23(12-13-24(30)31)28-26(33)34-16-22-20-10-6-4-8-18(20)19-9-5-7-11-21(19)22/h4-11,17,22-23H,12-16H2,1-3H3,(H,28,33)(H,30,31). The number of benzene rings is 2. The lowest BCUT2D eigenvalue weighted by atomic mass is 9.97. The summed E-state index contributed by atoms with van der Waals surface area (Å²) in [5.74, 6) is -1.02. The van der Waals surface area contributed by atoms with Gasteiger partial charge in [0.1, 0.15) is 12.6 Å². The molecule has 0 radical (unpaired) electrons. The summed E-state index contributed by atoms with van der Waals surface area (Å²) in [6, 6.07) is 15.2. The van der Waals surface area contributed by atoms with E-state index >= 15 is 0 Å². The predicted molar refractivity (Wildman–Crippen MR) is 128 cm³/mol. The van der Waals surface area contributed by atoms with Crippen molar-refractivity contribution in [3.8, 4) is 11.1 Å². The molecule has 2 unspecified atom stereocenters. The molecule has 2 aliphatic rings. The van der Waals surface area contributed by atoms with Crippen molar-refractivity contribution in [2.24, 2.45) is 5.92 Å². The minimum Gasteiger partial charge on any atom is -0.481 e. The Hall–Kier alpha value is -3.35. The van der Waals surface area contributed by atoms with Gasteiger partial charge in [-0.25, -0.2) is 4.79 Å². The second-order valence-corrected chi connectivity index (χ2v) is 10.0. The Morgan fingerprint density at radius 3 is 2.21 bits per heavy atom. The van der Waals surface area contributed by atoms with Gasteiger partial charge in [-0.15, -0.1) is 0 Å². The number of fused-ring (bicyclic) bond motifs is 3.